The number of benzene rings is 1. The first-order chi connectivity index (χ1) is 8.17. The Hall–Kier alpha value is -1.43. The predicted octanol–water partition coefficient (Wildman–Crippen LogP) is -0.120. The van der Waals surface area contributed by atoms with E-state index in [0.29, 0.717) is 6.54 Å². The summed E-state index contributed by atoms with van der Waals surface area (Å²) in [6, 6.07) is 9.39. The van der Waals surface area contributed by atoms with E-state index in [1.54, 1.807) is 0 Å². The molecule has 17 heavy (non-hydrogen) atoms. The standard InChI is InChI=1S/C12H18N2O3/c13-14(7-10-4-2-1-3-5-10)12(17)6-11(8-15)9-16/h1-5,11,15-16H,6-9,13H2. The van der Waals surface area contributed by atoms with Gasteiger partial charge in [0.05, 0.1) is 6.54 Å². The van der Waals surface area contributed by atoms with Gasteiger partial charge in [0.2, 0.25) is 5.91 Å². The molecular weight excluding hydrogens is 220 g/mol. The molecule has 0 aliphatic carbocycles. The number of rotatable bonds is 6. The van der Waals surface area contributed by atoms with E-state index in [4.69, 9.17) is 16.1 Å². The van der Waals surface area contributed by atoms with Crippen LogP contribution in [0.4, 0.5) is 0 Å². The SMILES string of the molecule is NN(Cc1ccccc1)C(=O)CC(CO)CO. The number of amides is 1. The zero-order valence-corrected chi connectivity index (χ0v) is 9.62. The average Bonchev–Trinajstić information content (AvgIpc) is 2.36. The maximum Gasteiger partial charge on any atom is 0.237 e. The minimum absolute atomic E-state index is 0.0519. The van der Waals surface area contributed by atoms with Gasteiger partial charge in [-0.2, -0.15) is 0 Å². The molecule has 0 bridgehead atoms. The maximum absolute atomic E-state index is 11.7. The third kappa shape index (κ3) is 4.52. The molecule has 1 amide bonds. The zero-order valence-electron chi connectivity index (χ0n) is 9.62. The molecule has 94 valence electrons. The molecule has 5 heteroatoms. The molecule has 0 radical (unpaired) electrons. The second-order valence-corrected chi connectivity index (χ2v) is 3.94. The molecule has 0 saturated heterocycles. The van der Waals surface area contributed by atoms with Crippen LogP contribution in [0.25, 0.3) is 0 Å². The number of hydrogen-bond acceptors (Lipinski definition) is 4. The first kappa shape index (κ1) is 13.6. The van der Waals surface area contributed by atoms with Crippen molar-refractivity contribution >= 4 is 5.91 Å². The van der Waals surface area contributed by atoms with E-state index in [2.05, 4.69) is 0 Å². The number of nitrogens with two attached hydrogens (primary N) is 1. The summed E-state index contributed by atoms with van der Waals surface area (Å²) in [5.74, 6) is 4.90. The van der Waals surface area contributed by atoms with Crippen molar-refractivity contribution in [1.82, 2.24) is 5.01 Å². The Labute approximate surface area is 100 Å². The van der Waals surface area contributed by atoms with Gasteiger partial charge >= 0.3 is 0 Å². The Morgan fingerprint density at radius 1 is 1.24 bits per heavy atom. The monoisotopic (exact) mass is 238 g/mol. The van der Waals surface area contributed by atoms with Gasteiger partial charge in [0.25, 0.3) is 0 Å². The van der Waals surface area contributed by atoms with E-state index >= 15 is 0 Å². The van der Waals surface area contributed by atoms with E-state index in [1.165, 1.54) is 0 Å². The zero-order chi connectivity index (χ0) is 12.7. The van der Waals surface area contributed by atoms with Gasteiger partial charge in [-0.15, -0.1) is 0 Å². The summed E-state index contributed by atoms with van der Waals surface area (Å²) in [7, 11) is 0. The minimum atomic E-state index is -0.440. The number of carbonyl (C=O) groups excluding carboxylic acids is 1. The van der Waals surface area contributed by atoms with Gasteiger partial charge in [0.15, 0.2) is 0 Å². The molecule has 0 heterocycles. The summed E-state index contributed by atoms with van der Waals surface area (Å²) >= 11 is 0. The predicted molar refractivity (Wildman–Crippen MR) is 63.5 cm³/mol. The molecule has 0 spiro atoms. The van der Waals surface area contributed by atoms with E-state index in [0.717, 1.165) is 10.6 Å². The first-order valence-electron chi connectivity index (χ1n) is 5.48. The summed E-state index contributed by atoms with van der Waals surface area (Å²) in [4.78, 5) is 11.7. The summed E-state index contributed by atoms with van der Waals surface area (Å²) in [5, 5.41) is 18.9. The number of carbonyl (C=O) groups is 1. The smallest absolute Gasteiger partial charge is 0.237 e. The third-order valence-electron chi connectivity index (χ3n) is 2.50. The van der Waals surface area contributed by atoms with E-state index in [1.807, 2.05) is 30.3 Å². The number of aliphatic hydroxyl groups excluding tert-OH is 2. The van der Waals surface area contributed by atoms with E-state index in [9.17, 15) is 4.79 Å². The molecule has 1 rings (SSSR count). The second kappa shape index (κ2) is 7.01. The van der Waals surface area contributed by atoms with Crippen molar-refractivity contribution in [2.45, 2.75) is 13.0 Å². The number of hydrogen-bond donors (Lipinski definition) is 3. The van der Waals surface area contributed by atoms with Crippen molar-refractivity contribution in [2.24, 2.45) is 11.8 Å². The van der Waals surface area contributed by atoms with Crippen LogP contribution < -0.4 is 5.84 Å². The fraction of sp³-hybridized carbons (Fsp3) is 0.417. The summed E-state index contributed by atoms with van der Waals surface area (Å²) in [6.07, 6.45) is 0.0519. The number of nitrogens with zero attached hydrogens (tertiary/aromatic N) is 1. The molecule has 0 unspecified atom stereocenters. The lowest BCUT2D eigenvalue weighted by atomic mass is 10.1. The van der Waals surface area contributed by atoms with Crippen LogP contribution in [-0.2, 0) is 11.3 Å². The molecule has 0 aliphatic rings. The Balaban J connectivity index is 2.47. The lowest BCUT2D eigenvalue weighted by molar-refractivity contribution is -0.133. The quantitative estimate of drug-likeness (QED) is 0.366. The molecule has 1 aromatic carbocycles. The molecule has 0 aromatic heterocycles. The van der Waals surface area contributed by atoms with Crippen molar-refractivity contribution in [2.75, 3.05) is 13.2 Å². The average molecular weight is 238 g/mol. The Morgan fingerprint density at radius 2 is 1.82 bits per heavy atom. The topological polar surface area (TPSA) is 86.8 Å². The highest BCUT2D eigenvalue weighted by atomic mass is 16.3. The molecule has 0 aliphatic heterocycles. The number of hydrazine groups is 1. The lowest BCUT2D eigenvalue weighted by Gasteiger charge is -2.19. The number of aliphatic hydroxyl groups is 2. The van der Waals surface area contributed by atoms with Crippen LogP contribution in [0.2, 0.25) is 0 Å². The second-order valence-electron chi connectivity index (χ2n) is 3.94. The van der Waals surface area contributed by atoms with Gasteiger partial charge in [-0.05, 0) is 5.56 Å². The van der Waals surface area contributed by atoms with Gasteiger partial charge < -0.3 is 10.2 Å². The van der Waals surface area contributed by atoms with Gasteiger partial charge in [0.1, 0.15) is 0 Å². The molecular formula is C12H18N2O3. The largest absolute Gasteiger partial charge is 0.396 e. The van der Waals surface area contributed by atoms with E-state index in [-0.39, 0.29) is 25.5 Å². The van der Waals surface area contributed by atoms with Crippen molar-refractivity contribution in [3.63, 3.8) is 0 Å². The van der Waals surface area contributed by atoms with Crippen LogP contribution in [0, 0.1) is 5.92 Å². The van der Waals surface area contributed by atoms with Gasteiger partial charge in [-0.1, -0.05) is 30.3 Å². The van der Waals surface area contributed by atoms with Crippen LogP contribution in [0.1, 0.15) is 12.0 Å². The minimum Gasteiger partial charge on any atom is -0.396 e. The lowest BCUT2D eigenvalue weighted by Crippen LogP contribution is -2.38. The Kier molecular flexibility index (Phi) is 5.62. The molecule has 0 fully saturated rings. The van der Waals surface area contributed by atoms with Gasteiger partial charge in [-0.3, -0.25) is 9.80 Å². The molecule has 0 saturated carbocycles. The maximum atomic E-state index is 11.7. The highest BCUT2D eigenvalue weighted by Crippen LogP contribution is 2.06. The van der Waals surface area contributed by atoms with Crippen molar-refractivity contribution < 1.29 is 15.0 Å². The van der Waals surface area contributed by atoms with Crippen LogP contribution in [0.5, 0.6) is 0 Å². The fourth-order valence-corrected chi connectivity index (χ4v) is 1.42. The Bertz CT molecular complexity index is 339. The highest BCUT2D eigenvalue weighted by molar-refractivity contribution is 5.75. The molecule has 1 aromatic rings. The fourth-order valence-electron chi connectivity index (χ4n) is 1.42. The van der Waals surface area contributed by atoms with Crippen molar-refractivity contribution in [1.29, 1.82) is 0 Å². The summed E-state index contributed by atoms with van der Waals surface area (Å²) in [6.45, 7) is -0.119. The van der Waals surface area contributed by atoms with Crippen molar-refractivity contribution in [3.8, 4) is 0 Å². The van der Waals surface area contributed by atoms with E-state index < -0.39 is 5.92 Å². The third-order valence-corrected chi connectivity index (χ3v) is 2.50. The molecule has 0 atom stereocenters. The van der Waals surface area contributed by atoms with Crippen molar-refractivity contribution in [3.05, 3.63) is 35.9 Å². The first-order valence-corrected chi connectivity index (χ1v) is 5.48. The Morgan fingerprint density at radius 3 is 2.35 bits per heavy atom. The van der Waals surface area contributed by atoms with Crippen LogP contribution in [0.15, 0.2) is 30.3 Å². The summed E-state index contributed by atoms with van der Waals surface area (Å²) < 4.78 is 0. The van der Waals surface area contributed by atoms with Gasteiger partial charge in [0, 0.05) is 25.6 Å². The van der Waals surface area contributed by atoms with Crippen LogP contribution >= 0.6 is 0 Å². The van der Waals surface area contributed by atoms with Crippen LogP contribution in [-0.4, -0.2) is 34.3 Å². The molecule has 4 N–H and O–H groups in total. The van der Waals surface area contributed by atoms with Crippen LogP contribution in [0.3, 0.4) is 0 Å². The molecule has 5 nitrogen and oxygen atoms in total. The van der Waals surface area contributed by atoms with Gasteiger partial charge in [-0.25, -0.2) is 5.84 Å². The normalized spacial score (nSPS) is 10.6. The summed E-state index contributed by atoms with van der Waals surface area (Å²) in [5.41, 5.74) is 0.938. The highest BCUT2D eigenvalue weighted by Gasteiger charge is 2.16.